The zero-order valence-electron chi connectivity index (χ0n) is 6.46. The summed E-state index contributed by atoms with van der Waals surface area (Å²) in [6, 6.07) is 0. The van der Waals surface area contributed by atoms with Crippen LogP contribution in [0.4, 0.5) is 22.0 Å². The van der Waals surface area contributed by atoms with Crippen molar-refractivity contribution in [1.29, 1.82) is 0 Å². The Labute approximate surface area is 67.1 Å². The average Bonchev–Trinajstić information content (AvgIpc) is 1.85. The van der Waals surface area contributed by atoms with Gasteiger partial charge in [0.2, 0.25) is 0 Å². The Kier molecular flexibility index (Phi) is 3.67. The Morgan fingerprint density at radius 2 is 1.58 bits per heavy atom. The normalized spacial score (nSPS) is 14.2. The van der Waals surface area contributed by atoms with Crippen molar-refractivity contribution in [3.05, 3.63) is 12.2 Å². The van der Waals surface area contributed by atoms with Gasteiger partial charge in [-0.1, -0.05) is 12.2 Å². The van der Waals surface area contributed by atoms with E-state index in [1.165, 1.54) is 12.2 Å². The van der Waals surface area contributed by atoms with Gasteiger partial charge in [-0.25, -0.2) is 0 Å². The molecule has 5 heteroatoms. The predicted octanol–water partition coefficient (Wildman–Crippen LogP) is 3.54. The minimum Gasteiger partial charge on any atom is -0.196 e. The summed E-state index contributed by atoms with van der Waals surface area (Å²) in [6.07, 6.45) is -4.15. The van der Waals surface area contributed by atoms with Crippen LogP contribution in [0.1, 0.15) is 19.8 Å². The minimum absolute atomic E-state index is 0.261. The topological polar surface area (TPSA) is 0 Å². The van der Waals surface area contributed by atoms with E-state index < -0.39 is 18.5 Å². The predicted molar refractivity (Wildman–Crippen MR) is 35.0 cm³/mol. The van der Waals surface area contributed by atoms with Crippen molar-refractivity contribution in [3.63, 3.8) is 0 Å². The van der Waals surface area contributed by atoms with Crippen LogP contribution in [0.3, 0.4) is 0 Å². The highest BCUT2D eigenvalue weighted by Crippen LogP contribution is 2.38. The molecule has 0 heterocycles. The van der Waals surface area contributed by atoms with Crippen molar-refractivity contribution in [1.82, 2.24) is 0 Å². The molecule has 0 nitrogen and oxygen atoms in total. The largest absolute Gasteiger partial charge is 0.453 e. The standard InChI is InChI=1S/C7H9F5/c1-2-3-4-5-6(8,9)7(10,11)12/h2-3H,4-5H2,1H3. The lowest BCUT2D eigenvalue weighted by molar-refractivity contribution is -0.283. The van der Waals surface area contributed by atoms with Gasteiger partial charge in [0.15, 0.2) is 0 Å². The van der Waals surface area contributed by atoms with E-state index in [9.17, 15) is 22.0 Å². The Balaban J connectivity index is 4.05. The molecule has 0 fully saturated rings. The van der Waals surface area contributed by atoms with E-state index in [1.54, 1.807) is 6.92 Å². The summed E-state index contributed by atoms with van der Waals surface area (Å²) >= 11 is 0. The van der Waals surface area contributed by atoms with Crippen LogP contribution < -0.4 is 0 Å². The molecule has 0 aliphatic carbocycles. The molecule has 0 spiro atoms. The molecule has 0 amide bonds. The van der Waals surface area contributed by atoms with Crippen molar-refractivity contribution in [2.75, 3.05) is 0 Å². The molecule has 0 aliphatic heterocycles. The maximum atomic E-state index is 12.1. The quantitative estimate of drug-likeness (QED) is 0.469. The van der Waals surface area contributed by atoms with Crippen LogP contribution in [0.15, 0.2) is 12.2 Å². The first kappa shape index (κ1) is 11.4. The number of hydrogen-bond donors (Lipinski definition) is 0. The average molecular weight is 188 g/mol. The molecule has 0 aromatic heterocycles. The van der Waals surface area contributed by atoms with Crippen LogP contribution in [-0.2, 0) is 0 Å². The highest BCUT2D eigenvalue weighted by atomic mass is 19.4. The van der Waals surface area contributed by atoms with E-state index in [0.29, 0.717) is 0 Å². The van der Waals surface area contributed by atoms with Crippen molar-refractivity contribution in [2.45, 2.75) is 31.9 Å². The van der Waals surface area contributed by atoms with Gasteiger partial charge in [0.1, 0.15) is 0 Å². The van der Waals surface area contributed by atoms with Gasteiger partial charge in [-0.15, -0.1) is 0 Å². The summed E-state index contributed by atoms with van der Waals surface area (Å²) in [4.78, 5) is 0. The van der Waals surface area contributed by atoms with E-state index in [1.807, 2.05) is 0 Å². The monoisotopic (exact) mass is 188 g/mol. The van der Waals surface area contributed by atoms with Gasteiger partial charge in [-0.3, -0.25) is 0 Å². The van der Waals surface area contributed by atoms with E-state index in [2.05, 4.69) is 0 Å². The van der Waals surface area contributed by atoms with Gasteiger partial charge in [-0.05, 0) is 13.3 Å². The highest BCUT2D eigenvalue weighted by molar-refractivity contribution is 4.83. The number of allylic oxidation sites excluding steroid dienone is 2. The second-order valence-electron chi connectivity index (χ2n) is 2.31. The fourth-order valence-electron chi connectivity index (χ4n) is 0.573. The molecule has 0 aromatic rings. The van der Waals surface area contributed by atoms with E-state index >= 15 is 0 Å². The molecule has 0 N–H and O–H groups in total. The second kappa shape index (κ2) is 3.87. The summed E-state index contributed by atoms with van der Waals surface area (Å²) in [5.41, 5.74) is 0. The van der Waals surface area contributed by atoms with Gasteiger partial charge in [-0.2, -0.15) is 22.0 Å². The van der Waals surface area contributed by atoms with E-state index in [0.717, 1.165) is 0 Å². The summed E-state index contributed by atoms with van der Waals surface area (Å²) in [6.45, 7) is 1.56. The van der Waals surface area contributed by atoms with Gasteiger partial charge in [0.25, 0.3) is 0 Å². The molecule has 0 aromatic carbocycles. The van der Waals surface area contributed by atoms with Crippen molar-refractivity contribution in [2.24, 2.45) is 0 Å². The fraction of sp³-hybridized carbons (Fsp3) is 0.714. The molecule has 0 saturated carbocycles. The highest BCUT2D eigenvalue weighted by Gasteiger charge is 2.56. The Hall–Kier alpha value is -0.610. The third-order valence-corrected chi connectivity index (χ3v) is 1.28. The Morgan fingerprint density at radius 1 is 1.08 bits per heavy atom. The lowest BCUT2D eigenvalue weighted by atomic mass is 10.1. The van der Waals surface area contributed by atoms with Crippen LogP contribution in [-0.4, -0.2) is 12.1 Å². The molecular weight excluding hydrogens is 179 g/mol. The van der Waals surface area contributed by atoms with Crippen molar-refractivity contribution >= 4 is 0 Å². The Morgan fingerprint density at radius 3 is 1.92 bits per heavy atom. The lowest BCUT2D eigenvalue weighted by Gasteiger charge is -2.18. The number of halogens is 5. The molecule has 12 heavy (non-hydrogen) atoms. The van der Waals surface area contributed by atoms with Crippen LogP contribution in [0, 0.1) is 0 Å². The maximum absolute atomic E-state index is 12.1. The van der Waals surface area contributed by atoms with Gasteiger partial charge in [0.05, 0.1) is 0 Å². The summed E-state index contributed by atoms with van der Waals surface area (Å²) < 4.78 is 58.7. The first-order valence-corrected chi connectivity index (χ1v) is 3.37. The number of rotatable bonds is 3. The van der Waals surface area contributed by atoms with Crippen LogP contribution in [0.2, 0.25) is 0 Å². The van der Waals surface area contributed by atoms with Gasteiger partial charge < -0.3 is 0 Å². The molecule has 0 bridgehead atoms. The third-order valence-electron chi connectivity index (χ3n) is 1.28. The summed E-state index contributed by atoms with van der Waals surface area (Å²) in [7, 11) is 0. The Bertz CT molecular complexity index is 156. The summed E-state index contributed by atoms with van der Waals surface area (Å²) in [5, 5.41) is 0. The zero-order chi connectivity index (χ0) is 9.83. The SMILES string of the molecule is CC=CCCC(F)(F)C(F)(F)F. The summed E-state index contributed by atoms with van der Waals surface area (Å²) in [5.74, 6) is -4.56. The maximum Gasteiger partial charge on any atom is 0.453 e. The van der Waals surface area contributed by atoms with Gasteiger partial charge in [0, 0.05) is 6.42 Å². The smallest absolute Gasteiger partial charge is 0.196 e. The first-order valence-electron chi connectivity index (χ1n) is 3.37. The second-order valence-corrected chi connectivity index (χ2v) is 2.31. The molecule has 0 saturated heterocycles. The van der Waals surface area contributed by atoms with Crippen LogP contribution in [0.25, 0.3) is 0 Å². The van der Waals surface area contributed by atoms with Crippen LogP contribution in [0.5, 0.6) is 0 Å². The fourth-order valence-corrected chi connectivity index (χ4v) is 0.573. The molecule has 0 aliphatic rings. The minimum atomic E-state index is -5.42. The van der Waals surface area contributed by atoms with Crippen molar-refractivity contribution < 1.29 is 22.0 Å². The van der Waals surface area contributed by atoms with Gasteiger partial charge >= 0.3 is 12.1 Å². The molecule has 0 radical (unpaired) electrons. The van der Waals surface area contributed by atoms with Crippen LogP contribution >= 0.6 is 0 Å². The van der Waals surface area contributed by atoms with Crippen molar-refractivity contribution in [3.8, 4) is 0 Å². The molecule has 72 valence electrons. The van der Waals surface area contributed by atoms with E-state index in [4.69, 9.17) is 0 Å². The zero-order valence-corrected chi connectivity index (χ0v) is 6.46. The number of hydrogen-bond acceptors (Lipinski definition) is 0. The molecule has 0 rings (SSSR count). The van der Waals surface area contributed by atoms with E-state index in [-0.39, 0.29) is 6.42 Å². The molecule has 0 unspecified atom stereocenters. The lowest BCUT2D eigenvalue weighted by Crippen LogP contribution is -2.35. The molecule has 0 atom stereocenters. The number of alkyl halides is 5. The molecular formula is C7H9F5. The first-order chi connectivity index (χ1) is 5.31. The third kappa shape index (κ3) is 3.19.